The molecule has 0 radical (unpaired) electrons. The number of aryl methyl sites for hydroxylation is 1. The largest absolute Gasteiger partial charge is 0.497 e. The van der Waals surface area contributed by atoms with Gasteiger partial charge >= 0.3 is 0 Å². The van der Waals surface area contributed by atoms with E-state index >= 15 is 0 Å². The van der Waals surface area contributed by atoms with E-state index in [2.05, 4.69) is 19.1 Å². The average molecular weight is 224 g/mol. The third kappa shape index (κ3) is 2.67. The van der Waals surface area contributed by atoms with E-state index in [9.17, 15) is 0 Å². The minimum Gasteiger partial charge on any atom is -0.497 e. The van der Waals surface area contributed by atoms with Gasteiger partial charge in [-0.05, 0) is 30.7 Å². The zero-order chi connectivity index (χ0) is 10.7. The van der Waals surface area contributed by atoms with E-state index < -0.39 is 0 Å². The number of hydrogen-bond donors (Lipinski definition) is 0. The molecule has 0 unspecified atom stereocenters. The highest BCUT2D eigenvalue weighted by Crippen LogP contribution is 2.29. The molecule has 0 spiro atoms. The first-order chi connectivity index (χ1) is 7.29. The molecule has 82 valence electrons. The highest BCUT2D eigenvalue weighted by atomic mass is 32.2. The maximum Gasteiger partial charge on any atom is 0.119 e. The predicted molar refractivity (Wildman–Crippen MR) is 62.8 cm³/mol. The molecule has 1 aliphatic rings. The second-order valence-corrected chi connectivity index (χ2v) is 4.91. The van der Waals surface area contributed by atoms with E-state index in [-0.39, 0.29) is 0 Å². The molecule has 2 rings (SSSR count). The van der Waals surface area contributed by atoms with Crippen LogP contribution in [-0.2, 0) is 4.74 Å². The molecule has 3 heteroatoms. The Morgan fingerprint density at radius 2 is 2.27 bits per heavy atom. The zero-order valence-corrected chi connectivity index (χ0v) is 9.97. The monoisotopic (exact) mass is 224 g/mol. The van der Waals surface area contributed by atoms with Crippen LogP contribution in [0.1, 0.15) is 5.56 Å². The van der Waals surface area contributed by atoms with E-state index in [4.69, 9.17) is 9.47 Å². The third-order valence-electron chi connectivity index (χ3n) is 2.56. The first-order valence-corrected chi connectivity index (χ1v) is 6.13. The Morgan fingerprint density at radius 3 is 2.80 bits per heavy atom. The standard InChI is InChI=1S/C12H16O2S/c1-9-5-11(13-2)3-4-12(9)15-8-10-6-14-7-10/h3-5,10H,6-8H2,1-2H3. The van der Waals surface area contributed by atoms with Gasteiger partial charge in [-0.1, -0.05) is 0 Å². The second kappa shape index (κ2) is 4.90. The highest BCUT2D eigenvalue weighted by Gasteiger charge is 2.18. The van der Waals surface area contributed by atoms with Gasteiger partial charge in [-0.25, -0.2) is 0 Å². The fourth-order valence-electron chi connectivity index (χ4n) is 1.50. The number of hydrogen-bond acceptors (Lipinski definition) is 3. The van der Waals surface area contributed by atoms with Gasteiger partial charge in [0.2, 0.25) is 0 Å². The lowest BCUT2D eigenvalue weighted by atomic mass is 10.1. The van der Waals surface area contributed by atoms with Crippen molar-refractivity contribution < 1.29 is 9.47 Å². The van der Waals surface area contributed by atoms with Crippen LogP contribution >= 0.6 is 11.8 Å². The summed E-state index contributed by atoms with van der Waals surface area (Å²) in [6.45, 7) is 3.99. The Labute approximate surface area is 95.0 Å². The molecule has 1 saturated heterocycles. The van der Waals surface area contributed by atoms with Crippen molar-refractivity contribution in [3.63, 3.8) is 0 Å². The van der Waals surface area contributed by atoms with E-state index in [0.29, 0.717) is 0 Å². The van der Waals surface area contributed by atoms with Crippen LogP contribution in [0.2, 0.25) is 0 Å². The number of ether oxygens (including phenoxy) is 2. The quantitative estimate of drug-likeness (QED) is 0.733. The minimum absolute atomic E-state index is 0.747. The Hall–Kier alpha value is -0.670. The number of methoxy groups -OCH3 is 1. The van der Waals surface area contributed by atoms with Crippen molar-refractivity contribution in [3.05, 3.63) is 23.8 Å². The van der Waals surface area contributed by atoms with Crippen molar-refractivity contribution in [3.8, 4) is 5.75 Å². The van der Waals surface area contributed by atoms with Gasteiger partial charge in [0.15, 0.2) is 0 Å². The van der Waals surface area contributed by atoms with Crippen LogP contribution in [0.4, 0.5) is 0 Å². The molecule has 0 amide bonds. The van der Waals surface area contributed by atoms with Crippen LogP contribution in [0.3, 0.4) is 0 Å². The van der Waals surface area contributed by atoms with Gasteiger partial charge in [0.1, 0.15) is 5.75 Å². The molecule has 0 bridgehead atoms. The van der Waals surface area contributed by atoms with Crippen LogP contribution in [0.25, 0.3) is 0 Å². The molecule has 0 aromatic heterocycles. The van der Waals surface area contributed by atoms with Gasteiger partial charge in [-0.2, -0.15) is 0 Å². The summed E-state index contributed by atoms with van der Waals surface area (Å²) in [6, 6.07) is 6.24. The molecule has 15 heavy (non-hydrogen) atoms. The van der Waals surface area contributed by atoms with Gasteiger partial charge < -0.3 is 9.47 Å². The average Bonchev–Trinajstić information content (AvgIpc) is 2.18. The topological polar surface area (TPSA) is 18.5 Å². The minimum atomic E-state index is 0.747. The van der Waals surface area contributed by atoms with Crippen molar-refractivity contribution in [1.82, 2.24) is 0 Å². The summed E-state index contributed by atoms with van der Waals surface area (Å²) >= 11 is 1.91. The molecule has 0 atom stereocenters. The van der Waals surface area contributed by atoms with Crippen molar-refractivity contribution in [2.24, 2.45) is 5.92 Å². The maximum atomic E-state index is 5.18. The molecule has 0 saturated carbocycles. The normalized spacial score (nSPS) is 16.1. The Balaban J connectivity index is 1.95. The van der Waals surface area contributed by atoms with Crippen LogP contribution in [0, 0.1) is 12.8 Å². The summed E-state index contributed by atoms with van der Waals surface area (Å²) in [5, 5.41) is 0. The lowest BCUT2D eigenvalue weighted by Crippen LogP contribution is -2.29. The lowest BCUT2D eigenvalue weighted by molar-refractivity contribution is -0.0196. The Bertz CT molecular complexity index is 334. The smallest absolute Gasteiger partial charge is 0.119 e. The van der Waals surface area contributed by atoms with Gasteiger partial charge in [-0.15, -0.1) is 11.8 Å². The summed E-state index contributed by atoms with van der Waals surface area (Å²) < 4.78 is 10.3. The summed E-state index contributed by atoms with van der Waals surface area (Å²) in [6.07, 6.45) is 0. The van der Waals surface area contributed by atoms with Crippen molar-refractivity contribution in [2.75, 3.05) is 26.1 Å². The van der Waals surface area contributed by atoms with E-state index in [0.717, 1.165) is 30.6 Å². The van der Waals surface area contributed by atoms with Crippen molar-refractivity contribution in [2.45, 2.75) is 11.8 Å². The molecule has 0 aliphatic carbocycles. The summed E-state index contributed by atoms with van der Waals surface area (Å²) in [4.78, 5) is 1.35. The van der Waals surface area contributed by atoms with Gasteiger partial charge in [0.25, 0.3) is 0 Å². The molecular weight excluding hydrogens is 208 g/mol. The lowest BCUT2D eigenvalue weighted by Gasteiger charge is -2.25. The molecule has 1 aromatic carbocycles. The van der Waals surface area contributed by atoms with E-state index in [1.165, 1.54) is 10.5 Å². The van der Waals surface area contributed by atoms with Gasteiger partial charge in [0, 0.05) is 16.6 Å². The van der Waals surface area contributed by atoms with Crippen LogP contribution in [0.15, 0.2) is 23.1 Å². The zero-order valence-electron chi connectivity index (χ0n) is 9.16. The van der Waals surface area contributed by atoms with Gasteiger partial charge in [0.05, 0.1) is 20.3 Å². The van der Waals surface area contributed by atoms with E-state index in [1.54, 1.807) is 7.11 Å². The SMILES string of the molecule is COc1ccc(SCC2COC2)c(C)c1. The molecule has 1 aliphatic heterocycles. The fraction of sp³-hybridized carbons (Fsp3) is 0.500. The number of benzene rings is 1. The molecule has 1 fully saturated rings. The van der Waals surface area contributed by atoms with Gasteiger partial charge in [-0.3, -0.25) is 0 Å². The fourth-order valence-corrected chi connectivity index (χ4v) is 2.56. The first-order valence-electron chi connectivity index (χ1n) is 5.15. The summed E-state index contributed by atoms with van der Waals surface area (Å²) in [5.74, 6) is 2.84. The highest BCUT2D eigenvalue weighted by molar-refractivity contribution is 7.99. The predicted octanol–water partition coefficient (Wildman–Crippen LogP) is 2.74. The van der Waals surface area contributed by atoms with Crippen molar-refractivity contribution >= 4 is 11.8 Å². The van der Waals surface area contributed by atoms with E-state index in [1.807, 2.05) is 17.8 Å². The van der Waals surface area contributed by atoms with Crippen LogP contribution in [0.5, 0.6) is 5.75 Å². The first kappa shape index (κ1) is 10.8. The Kier molecular flexibility index (Phi) is 3.54. The van der Waals surface area contributed by atoms with Crippen LogP contribution < -0.4 is 4.74 Å². The number of rotatable bonds is 4. The maximum absolute atomic E-state index is 5.18. The second-order valence-electron chi connectivity index (χ2n) is 3.85. The summed E-state index contributed by atoms with van der Waals surface area (Å²) in [7, 11) is 1.70. The van der Waals surface area contributed by atoms with Crippen molar-refractivity contribution in [1.29, 1.82) is 0 Å². The molecule has 2 nitrogen and oxygen atoms in total. The molecule has 0 N–H and O–H groups in total. The molecular formula is C12H16O2S. The summed E-state index contributed by atoms with van der Waals surface area (Å²) in [5.41, 5.74) is 1.29. The number of thioether (sulfide) groups is 1. The third-order valence-corrected chi connectivity index (χ3v) is 3.97. The Morgan fingerprint density at radius 1 is 1.47 bits per heavy atom. The van der Waals surface area contributed by atoms with Crippen LogP contribution in [-0.4, -0.2) is 26.1 Å². The molecule has 1 aromatic rings. The molecule has 1 heterocycles.